The molecule has 4 heteroatoms. The number of carbonyl (C=O) groups is 1. The first kappa shape index (κ1) is 12.8. The second kappa shape index (κ2) is 6.33. The van der Waals surface area contributed by atoms with E-state index < -0.39 is 0 Å². The van der Waals surface area contributed by atoms with Crippen molar-refractivity contribution in [3.63, 3.8) is 0 Å². The molecular weight excluding hydrogens is 214 g/mol. The average Bonchev–Trinajstić information content (AvgIpc) is 2.71. The van der Waals surface area contributed by atoms with E-state index in [0.29, 0.717) is 17.9 Å². The van der Waals surface area contributed by atoms with Gasteiger partial charge in [-0.1, -0.05) is 13.8 Å². The number of rotatable bonds is 5. The van der Waals surface area contributed by atoms with Crippen LogP contribution in [-0.4, -0.2) is 31.0 Å². The van der Waals surface area contributed by atoms with Crippen molar-refractivity contribution in [2.24, 2.45) is 11.8 Å². The van der Waals surface area contributed by atoms with Gasteiger partial charge >= 0.3 is 0 Å². The van der Waals surface area contributed by atoms with Gasteiger partial charge in [0.05, 0.1) is 6.10 Å². The largest absolute Gasteiger partial charge is 0.378 e. The van der Waals surface area contributed by atoms with Crippen LogP contribution in [0.15, 0.2) is 0 Å². The van der Waals surface area contributed by atoms with E-state index in [1.54, 1.807) is 0 Å². The molecule has 0 aromatic heterocycles. The molecule has 1 N–H and O–H groups in total. The lowest BCUT2D eigenvalue weighted by molar-refractivity contribution is -0.124. The Morgan fingerprint density at radius 3 is 3.00 bits per heavy atom. The van der Waals surface area contributed by atoms with Crippen LogP contribution in [0.1, 0.15) is 26.7 Å². The third-order valence-electron chi connectivity index (χ3n) is 2.97. The van der Waals surface area contributed by atoms with Crippen molar-refractivity contribution < 1.29 is 9.53 Å². The minimum absolute atomic E-state index is 0.0479. The van der Waals surface area contributed by atoms with Gasteiger partial charge in [0.1, 0.15) is 0 Å². The molecule has 3 unspecified atom stereocenters. The summed E-state index contributed by atoms with van der Waals surface area (Å²) in [6.07, 6.45) is 2.39. The van der Waals surface area contributed by atoms with Crippen molar-refractivity contribution in [2.75, 3.05) is 19.0 Å². The number of halogens is 1. The van der Waals surface area contributed by atoms with Crippen molar-refractivity contribution in [3.8, 4) is 0 Å². The van der Waals surface area contributed by atoms with Crippen LogP contribution in [0.25, 0.3) is 0 Å². The molecule has 1 fully saturated rings. The van der Waals surface area contributed by atoms with E-state index in [1.807, 2.05) is 6.92 Å². The lowest BCUT2D eigenvalue weighted by atomic mass is 9.99. The van der Waals surface area contributed by atoms with E-state index in [4.69, 9.17) is 16.3 Å². The molecule has 0 saturated carbocycles. The van der Waals surface area contributed by atoms with Gasteiger partial charge in [0, 0.05) is 30.9 Å². The fraction of sp³-hybridized carbons (Fsp3) is 0.909. The van der Waals surface area contributed by atoms with E-state index in [9.17, 15) is 4.79 Å². The topological polar surface area (TPSA) is 38.3 Å². The van der Waals surface area contributed by atoms with Gasteiger partial charge in [0.15, 0.2) is 0 Å². The zero-order valence-electron chi connectivity index (χ0n) is 9.46. The summed E-state index contributed by atoms with van der Waals surface area (Å²) in [7, 11) is 0. The third kappa shape index (κ3) is 3.65. The highest BCUT2D eigenvalue weighted by atomic mass is 35.5. The predicted molar refractivity (Wildman–Crippen MR) is 61.0 cm³/mol. The standard InChI is InChI=1S/C11H20ClNO2/c1-3-10-9(4-5-15-10)7-13-11(14)8(2)6-12/h8-10H,3-7H2,1-2H3,(H,13,14). The summed E-state index contributed by atoms with van der Waals surface area (Å²) in [5.74, 6) is 0.798. The molecule has 0 aliphatic carbocycles. The maximum atomic E-state index is 11.5. The molecule has 88 valence electrons. The van der Waals surface area contributed by atoms with Crippen LogP contribution in [0.3, 0.4) is 0 Å². The van der Waals surface area contributed by atoms with E-state index in [-0.39, 0.29) is 11.8 Å². The Hall–Kier alpha value is -0.280. The summed E-state index contributed by atoms with van der Waals surface area (Å²) in [6, 6.07) is 0. The minimum atomic E-state index is -0.103. The van der Waals surface area contributed by atoms with E-state index in [1.165, 1.54) is 0 Å². The fourth-order valence-electron chi connectivity index (χ4n) is 1.85. The Balaban J connectivity index is 2.27. The predicted octanol–water partition coefficient (Wildman–Crippen LogP) is 1.79. The van der Waals surface area contributed by atoms with Crippen molar-refractivity contribution in [3.05, 3.63) is 0 Å². The van der Waals surface area contributed by atoms with Crippen LogP contribution in [0.4, 0.5) is 0 Å². The van der Waals surface area contributed by atoms with Crippen LogP contribution in [0.2, 0.25) is 0 Å². The molecule has 3 atom stereocenters. The molecule has 1 saturated heterocycles. The number of carbonyl (C=O) groups excluding carboxylic acids is 1. The van der Waals surface area contributed by atoms with Crippen molar-refractivity contribution in [2.45, 2.75) is 32.8 Å². The lowest BCUT2D eigenvalue weighted by Crippen LogP contribution is -2.36. The normalized spacial score (nSPS) is 27.7. The van der Waals surface area contributed by atoms with Gasteiger partial charge in [-0.2, -0.15) is 0 Å². The molecule has 0 aromatic rings. The van der Waals surface area contributed by atoms with Crippen molar-refractivity contribution >= 4 is 17.5 Å². The maximum Gasteiger partial charge on any atom is 0.224 e. The van der Waals surface area contributed by atoms with E-state index in [0.717, 1.165) is 26.0 Å². The summed E-state index contributed by atoms with van der Waals surface area (Å²) in [5, 5.41) is 2.94. The zero-order valence-corrected chi connectivity index (χ0v) is 10.2. The summed E-state index contributed by atoms with van der Waals surface area (Å²) < 4.78 is 5.56. The molecular formula is C11H20ClNO2. The summed E-state index contributed by atoms with van der Waals surface area (Å²) in [6.45, 7) is 5.50. The van der Waals surface area contributed by atoms with Gasteiger partial charge in [-0.3, -0.25) is 4.79 Å². The molecule has 0 radical (unpaired) electrons. The van der Waals surface area contributed by atoms with E-state index in [2.05, 4.69) is 12.2 Å². The van der Waals surface area contributed by atoms with Crippen LogP contribution >= 0.6 is 11.6 Å². The smallest absolute Gasteiger partial charge is 0.224 e. The fourth-order valence-corrected chi connectivity index (χ4v) is 1.99. The van der Waals surface area contributed by atoms with Gasteiger partial charge in [0.2, 0.25) is 5.91 Å². The number of alkyl halides is 1. The Morgan fingerprint density at radius 2 is 2.40 bits per heavy atom. The van der Waals surface area contributed by atoms with E-state index >= 15 is 0 Å². The number of hydrogen-bond donors (Lipinski definition) is 1. The van der Waals surface area contributed by atoms with Gasteiger partial charge < -0.3 is 10.1 Å². The SMILES string of the molecule is CCC1OCCC1CNC(=O)C(C)CCl. The van der Waals surface area contributed by atoms with Crippen LogP contribution in [0.5, 0.6) is 0 Å². The first-order chi connectivity index (χ1) is 7.19. The molecule has 0 spiro atoms. The molecule has 3 nitrogen and oxygen atoms in total. The minimum Gasteiger partial charge on any atom is -0.378 e. The van der Waals surface area contributed by atoms with Crippen molar-refractivity contribution in [1.29, 1.82) is 0 Å². The van der Waals surface area contributed by atoms with Gasteiger partial charge in [0.25, 0.3) is 0 Å². The Bertz CT molecular complexity index is 211. The molecule has 1 heterocycles. The maximum absolute atomic E-state index is 11.5. The van der Waals surface area contributed by atoms with Crippen LogP contribution in [-0.2, 0) is 9.53 Å². The summed E-state index contributed by atoms with van der Waals surface area (Å²) in [5.41, 5.74) is 0. The molecule has 1 rings (SSSR count). The Labute approximate surface area is 96.5 Å². The Kier molecular flexibility index (Phi) is 5.40. The summed E-state index contributed by atoms with van der Waals surface area (Å²) in [4.78, 5) is 11.5. The second-order valence-electron chi connectivity index (χ2n) is 4.17. The number of amides is 1. The highest BCUT2D eigenvalue weighted by Crippen LogP contribution is 2.22. The molecule has 15 heavy (non-hydrogen) atoms. The average molecular weight is 234 g/mol. The van der Waals surface area contributed by atoms with Crippen molar-refractivity contribution in [1.82, 2.24) is 5.32 Å². The third-order valence-corrected chi connectivity index (χ3v) is 3.43. The Morgan fingerprint density at radius 1 is 1.67 bits per heavy atom. The van der Waals surface area contributed by atoms with Crippen LogP contribution < -0.4 is 5.32 Å². The van der Waals surface area contributed by atoms with Crippen LogP contribution in [0, 0.1) is 11.8 Å². The summed E-state index contributed by atoms with van der Waals surface area (Å²) >= 11 is 5.61. The quantitative estimate of drug-likeness (QED) is 0.736. The molecule has 1 aliphatic heterocycles. The highest BCUT2D eigenvalue weighted by molar-refractivity contribution is 6.19. The highest BCUT2D eigenvalue weighted by Gasteiger charge is 2.27. The molecule has 1 amide bonds. The monoisotopic (exact) mass is 233 g/mol. The number of nitrogens with one attached hydrogen (secondary N) is 1. The zero-order chi connectivity index (χ0) is 11.3. The van der Waals surface area contributed by atoms with Gasteiger partial charge in [-0.25, -0.2) is 0 Å². The molecule has 0 bridgehead atoms. The first-order valence-electron chi connectivity index (χ1n) is 5.64. The van der Waals surface area contributed by atoms with Gasteiger partial charge in [-0.05, 0) is 12.8 Å². The number of ether oxygens (including phenoxy) is 1. The number of hydrogen-bond acceptors (Lipinski definition) is 2. The molecule has 1 aliphatic rings. The lowest BCUT2D eigenvalue weighted by Gasteiger charge is -2.18. The second-order valence-corrected chi connectivity index (χ2v) is 4.48. The first-order valence-corrected chi connectivity index (χ1v) is 6.17. The molecule has 0 aromatic carbocycles. The van der Waals surface area contributed by atoms with Gasteiger partial charge in [-0.15, -0.1) is 11.6 Å².